The van der Waals surface area contributed by atoms with Gasteiger partial charge in [0.2, 0.25) is 0 Å². The number of amides is 1. The summed E-state index contributed by atoms with van der Waals surface area (Å²) in [5.41, 5.74) is 0.797. The van der Waals surface area contributed by atoms with Crippen LogP contribution in [-0.2, 0) is 4.79 Å². The quantitative estimate of drug-likeness (QED) is 0.514. The highest BCUT2D eigenvalue weighted by Gasteiger charge is 2.24. The van der Waals surface area contributed by atoms with Crippen molar-refractivity contribution in [3.05, 3.63) is 51.7 Å². The fourth-order valence-electron chi connectivity index (χ4n) is 3.30. The third kappa shape index (κ3) is 4.74. The Morgan fingerprint density at radius 3 is 2.70 bits per heavy atom. The third-order valence-corrected chi connectivity index (χ3v) is 5.65. The van der Waals surface area contributed by atoms with Crippen LogP contribution in [0, 0.1) is 17.2 Å². The van der Waals surface area contributed by atoms with Crippen molar-refractivity contribution in [3.8, 4) is 17.4 Å². The first-order valence-corrected chi connectivity index (χ1v) is 9.71. The molecule has 1 aliphatic carbocycles. The van der Waals surface area contributed by atoms with Gasteiger partial charge in [-0.2, -0.15) is 5.26 Å². The van der Waals surface area contributed by atoms with Crippen molar-refractivity contribution in [2.24, 2.45) is 5.92 Å². The van der Waals surface area contributed by atoms with Gasteiger partial charge in [-0.05, 0) is 49.1 Å². The lowest BCUT2D eigenvalue weighted by Crippen LogP contribution is -2.41. The molecule has 0 unspecified atom stereocenters. The average molecular weight is 403 g/mol. The normalized spacial score (nSPS) is 20.1. The number of halogens is 2. The van der Waals surface area contributed by atoms with Gasteiger partial charge in [0.05, 0.1) is 10.0 Å². The molecule has 0 spiro atoms. The first kappa shape index (κ1) is 19.5. The van der Waals surface area contributed by atoms with Gasteiger partial charge in [0.1, 0.15) is 23.2 Å². The van der Waals surface area contributed by atoms with Gasteiger partial charge in [0.15, 0.2) is 0 Å². The Morgan fingerprint density at radius 2 is 2.00 bits per heavy atom. The lowest BCUT2D eigenvalue weighted by molar-refractivity contribution is -0.118. The van der Waals surface area contributed by atoms with Crippen molar-refractivity contribution in [1.29, 1.82) is 5.26 Å². The van der Waals surface area contributed by atoms with Gasteiger partial charge in [-0.3, -0.25) is 4.79 Å². The van der Waals surface area contributed by atoms with Crippen molar-refractivity contribution in [2.75, 3.05) is 0 Å². The highest BCUT2D eigenvalue weighted by atomic mass is 35.5. The van der Waals surface area contributed by atoms with Gasteiger partial charge < -0.3 is 9.73 Å². The molecule has 1 N–H and O–H groups in total. The number of furan rings is 1. The van der Waals surface area contributed by atoms with Gasteiger partial charge in [-0.15, -0.1) is 0 Å². The molecular weight excluding hydrogens is 383 g/mol. The van der Waals surface area contributed by atoms with Gasteiger partial charge >= 0.3 is 0 Å². The maximum atomic E-state index is 12.5. The zero-order valence-corrected chi connectivity index (χ0v) is 16.5. The number of nitriles is 1. The summed E-state index contributed by atoms with van der Waals surface area (Å²) in [5.74, 6) is 1.08. The topological polar surface area (TPSA) is 66.0 Å². The van der Waals surface area contributed by atoms with E-state index in [4.69, 9.17) is 27.6 Å². The second-order valence-electron chi connectivity index (χ2n) is 6.84. The van der Waals surface area contributed by atoms with E-state index in [0.717, 1.165) is 24.8 Å². The molecule has 6 heteroatoms. The van der Waals surface area contributed by atoms with Crippen LogP contribution in [0.5, 0.6) is 0 Å². The summed E-state index contributed by atoms with van der Waals surface area (Å²) in [7, 11) is 0. The van der Waals surface area contributed by atoms with Crippen molar-refractivity contribution in [2.45, 2.75) is 38.6 Å². The second-order valence-corrected chi connectivity index (χ2v) is 7.66. The SMILES string of the molecule is C[C@@H]1CCCC[C@H]1NC(=O)/C(C#N)=C/c1ccc(-c2ccc(Cl)c(Cl)c2)o1. The van der Waals surface area contributed by atoms with Gasteiger partial charge in [0.25, 0.3) is 5.91 Å². The number of nitrogens with zero attached hydrogens (tertiary/aromatic N) is 1. The molecule has 0 bridgehead atoms. The van der Waals surface area contributed by atoms with E-state index in [2.05, 4.69) is 12.2 Å². The molecule has 1 amide bonds. The molecule has 0 radical (unpaired) electrons. The molecule has 1 heterocycles. The number of hydrogen-bond acceptors (Lipinski definition) is 3. The molecule has 2 atom stereocenters. The highest BCUT2D eigenvalue weighted by molar-refractivity contribution is 6.42. The van der Waals surface area contributed by atoms with Crippen LogP contribution in [-0.4, -0.2) is 11.9 Å². The molecule has 2 aromatic rings. The number of benzene rings is 1. The molecule has 0 aliphatic heterocycles. The van der Waals surface area contributed by atoms with Crippen molar-refractivity contribution >= 4 is 35.2 Å². The minimum Gasteiger partial charge on any atom is -0.457 e. The number of rotatable bonds is 4. The van der Waals surface area contributed by atoms with Crippen LogP contribution in [0.2, 0.25) is 10.0 Å². The van der Waals surface area contributed by atoms with E-state index >= 15 is 0 Å². The molecule has 3 rings (SSSR count). The summed E-state index contributed by atoms with van der Waals surface area (Å²) >= 11 is 12.0. The van der Waals surface area contributed by atoms with E-state index in [9.17, 15) is 10.1 Å². The van der Waals surface area contributed by atoms with Gasteiger partial charge in [-0.1, -0.05) is 43.0 Å². The Bertz CT molecular complexity index is 911. The van der Waals surface area contributed by atoms with E-state index in [1.165, 1.54) is 12.5 Å². The Hall–Kier alpha value is -2.22. The first-order valence-electron chi connectivity index (χ1n) is 8.96. The fourth-order valence-corrected chi connectivity index (χ4v) is 3.60. The number of nitrogens with one attached hydrogen (secondary N) is 1. The number of carbonyl (C=O) groups excluding carboxylic acids is 1. The summed E-state index contributed by atoms with van der Waals surface area (Å²) in [5, 5.41) is 13.3. The summed E-state index contributed by atoms with van der Waals surface area (Å²) in [6, 6.07) is 10.8. The van der Waals surface area contributed by atoms with Crippen molar-refractivity contribution in [3.63, 3.8) is 0 Å². The van der Waals surface area contributed by atoms with Crippen LogP contribution in [0.25, 0.3) is 17.4 Å². The largest absolute Gasteiger partial charge is 0.457 e. The van der Waals surface area contributed by atoms with Crippen LogP contribution in [0.3, 0.4) is 0 Å². The molecular formula is C21H20Cl2N2O2. The predicted octanol–water partition coefficient (Wildman–Crippen LogP) is 5.86. The van der Waals surface area contributed by atoms with E-state index < -0.39 is 0 Å². The summed E-state index contributed by atoms with van der Waals surface area (Å²) in [6.45, 7) is 2.13. The molecule has 0 saturated heterocycles. The Balaban J connectivity index is 1.76. The Labute approximate surface area is 168 Å². The van der Waals surface area contributed by atoms with Crippen molar-refractivity contribution in [1.82, 2.24) is 5.32 Å². The summed E-state index contributed by atoms with van der Waals surface area (Å²) < 4.78 is 5.75. The third-order valence-electron chi connectivity index (χ3n) is 4.91. The van der Waals surface area contributed by atoms with Crippen molar-refractivity contribution < 1.29 is 9.21 Å². The van der Waals surface area contributed by atoms with Crippen LogP contribution >= 0.6 is 23.2 Å². The zero-order valence-electron chi connectivity index (χ0n) is 15.0. The molecule has 27 heavy (non-hydrogen) atoms. The fraction of sp³-hybridized carbons (Fsp3) is 0.333. The standard InChI is InChI=1S/C21H20Cl2N2O2/c1-13-4-2-3-5-19(13)25-21(26)15(12-24)10-16-7-9-20(27-16)14-6-8-17(22)18(23)11-14/h6-11,13,19H,2-5H2,1H3,(H,25,26)/b15-10+/t13-,19-/m1/s1. The average Bonchev–Trinajstić information content (AvgIpc) is 3.12. The molecule has 1 aromatic heterocycles. The minimum absolute atomic E-state index is 0.0304. The Morgan fingerprint density at radius 1 is 1.22 bits per heavy atom. The lowest BCUT2D eigenvalue weighted by atomic mass is 9.86. The van der Waals surface area contributed by atoms with E-state index in [1.807, 2.05) is 6.07 Å². The van der Waals surface area contributed by atoms with Crippen LogP contribution in [0.15, 0.2) is 40.3 Å². The monoisotopic (exact) mass is 402 g/mol. The maximum absolute atomic E-state index is 12.5. The van der Waals surface area contributed by atoms with Crippen LogP contribution < -0.4 is 5.32 Å². The second kappa shape index (κ2) is 8.65. The summed E-state index contributed by atoms with van der Waals surface area (Å²) in [6.07, 6.45) is 5.81. The smallest absolute Gasteiger partial charge is 0.262 e. The Kier molecular flexibility index (Phi) is 6.26. The molecule has 4 nitrogen and oxygen atoms in total. The zero-order chi connectivity index (χ0) is 19.4. The van der Waals surface area contributed by atoms with E-state index in [0.29, 0.717) is 27.5 Å². The summed E-state index contributed by atoms with van der Waals surface area (Å²) in [4.78, 5) is 12.5. The number of hydrogen-bond donors (Lipinski definition) is 1. The predicted molar refractivity (Wildman–Crippen MR) is 107 cm³/mol. The molecule has 1 fully saturated rings. The molecule has 1 saturated carbocycles. The first-order chi connectivity index (χ1) is 13.0. The van der Waals surface area contributed by atoms with Crippen LogP contribution in [0.4, 0.5) is 0 Å². The van der Waals surface area contributed by atoms with Gasteiger partial charge in [0, 0.05) is 17.7 Å². The molecule has 1 aliphatic rings. The lowest BCUT2D eigenvalue weighted by Gasteiger charge is -2.29. The maximum Gasteiger partial charge on any atom is 0.262 e. The number of carbonyl (C=O) groups is 1. The molecule has 140 valence electrons. The van der Waals surface area contributed by atoms with Crippen LogP contribution in [0.1, 0.15) is 38.4 Å². The van der Waals surface area contributed by atoms with Gasteiger partial charge in [-0.25, -0.2) is 0 Å². The van der Waals surface area contributed by atoms with E-state index in [-0.39, 0.29) is 17.5 Å². The highest BCUT2D eigenvalue weighted by Crippen LogP contribution is 2.30. The minimum atomic E-state index is -0.358. The molecule has 1 aromatic carbocycles. The van der Waals surface area contributed by atoms with E-state index in [1.54, 1.807) is 30.3 Å².